The van der Waals surface area contributed by atoms with Gasteiger partial charge in [-0.05, 0) is 106 Å². The first-order valence-corrected chi connectivity index (χ1v) is 29.9. The smallest absolute Gasteiger partial charge is 0.297 e. The molecule has 0 amide bonds. The normalized spacial score (nSPS) is 13.2. The summed E-state index contributed by atoms with van der Waals surface area (Å²) in [6, 6.07) is 29.1. The highest BCUT2D eigenvalue weighted by molar-refractivity contribution is 7.87. The quantitative estimate of drug-likeness (QED) is 0.0294. The average Bonchev–Trinajstić information content (AvgIpc) is 2.40. The number of azo groups is 4. The fourth-order valence-corrected chi connectivity index (χ4v) is 12.3. The lowest BCUT2D eigenvalue weighted by atomic mass is 10.1. The molecule has 0 heterocycles. The molecule has 10 N–H and O–H groups in total. The fraction of sp³-hybridized carbons (Fsp3) is 0. The number of phenolic OH excluding ortho intramolecular Hbond substituents is 3. The molecule has 0 saturated carbocycles. The third-order valence-electron chi connectivity index (χ3n) is 12.4. The van der Waals surface area contributed by atoms with Crippen LogP contribution >= 0.6 is 0 Å². The number of hydrogen-bond acceptors (Lipinski definition) is 22. The third kappa shape index (κ3) is 10.7. The van der Waals surface area contributed by atoms with Crippen molar-refractivity contribution in [3.63, 3.8) is 0 Å². The van der Waals surface area contributed by atoms with Crippen LogP contribution in [0.3, 0.4) is 0 Å². The second-order valence-corrected chi connectivity index (χ2v) is 24.5. The minimum Gasteiger partial charge on any atom is -0.505 e. The summed E-state index contributed by atoms with van der Waals surface area (Å²) in [4.78, 5) is -3.94. The van der Waals surface area contributed by atoms with E-state index in [1.165, 1.54) is 91.0 Å². The van der Waals surface area contributed by atoms with Crippen molar-refractivity contribution in [2.24, 2.45) is 40.9 Å². The first-order chi connectivity index (χ1) is 38.5. The fourth-order valence-electron chi connectivity index (χ4n) is 8.74. The highest BCUT2D eigenvalue weighted by atomic mass is 32.2. The Labute approximate surface area is 461 Å². The van der Waals surface area contributed by atoms with E-state index in [0.717, 1.165) is 36.4 Å². The van der Waals surface area contributed by atoms with Crippen molar-refractivity contribution in [3.05, 3.63) is 140 Å². The van der Waals surface area contributed by atoms with Gasteiger partial charge in [-0.2, -0.15) is 52.3 Å². The summed E-state index contributed by atoms with van der Waals surface area (Å²) in [6.45, 7) is 0. The molecule has 27 nitrogen and oxygen atoms in total. The zero-order chi connectivity index (χ0) is 59.0. The SMILES string of the molecule is Nc1c(N=Nc2ccc3c(O)c(N=Nc4ccc5ccccc5c4S(=O)(=O)O)c(S(=O)(=O)O)cc3c2)c(S(=O)(=O)O)cc2ccc(N=Nc3ccc4ccc(N=Nc5cc6c(S(=O)(=O)O)cccc6cc5S(=O)(=O)O)c(O)c4c3)c(O)c12. The second-order valence-electron chi connectivity index (χ2n) is 17.6. The molecule has 0 bridgehead atoms. The standard InChI is InChI=1S/C50H33N9O18S5/c51-44-43-27(11-16-36(49(43)62)54-52-30-12-8-25-9-15-35(47(60)34(25)22-30)55-57-38-23-33-26(19-40(38)79(66,67)68)5-3-7-39(33)78(63,64)65)20-41(80(69,70)71)45(44)58-53-29-13-14-31-28(18-29)21-42(81(72,73)74)46(48(31)61)59-56-37-17-10-24-4-1-2-6-32(24)50(37)82(75,76)77/h1-23,60-62H,51H2,(H,63,64,65)(H,66,67,68)(H,69,70,71)(H,72,73,74)(H,75,76,77). The van der Waals surface area contributed by atoms with Crippen LogP contribution in [0.5, 0.6) is 17.2 Å². The summed E-state index contributed by atoms with van der Waals surface area (Å²) >= 11 is 0. The summed E-state index contributed by atoms with van der Waals surface area (Å²) in [5.74, 6) is -2.07. The van der Waals surface area contributed by atoms with E-state index in [2.05, 4.69) is 40.9 Å². The van der Waals surface area contributed by atoms with Gasteiger partial charge in [-0.15, -0.1) is 30.7 Å². The van der Waals surface area contributed by atoms with Crippen LogP contribution in [0.15, 0.2) is 205 Å². The molecule has 82 heavy (non-hydrogen) atoms. The Bertz CT molecular complexity index is 5200. The lowest BCUT2D eigenvalue weighted by molar-refractivity contribution is 0.472. The predicted octanol–water partition coefficient (Wildman–Crippen LogP) is 12.0. The summed E-state index contributed by atoms with van der Waals surface area (Å²) in [5.41, 5.74) is 2.72. The number of nitrogen functional groups attached to an aromatic ring is 1. The van der Waals surface area contributed by atoms with E-state index < -0.39 is 121 Å². The second kappa shape index (κ2) is 20.3. The molecule has 0 aliphatic rings. The zero-order valence-corrected chi connectivity index (χ0v) is 44.7. The Kier molecular flexibility index (Phi) is 13.9. The van der Waals surface area contributed by atoms with Gasteiger partial charge in [0.25, 0.3) is 50.6 Å². The molecule has 0 aliphatic heterocycles. The monoisotopic (exact) mass is 1210 g/mol. The number of benzene rings is 10. The van der Waals surface area contributed by atoms with Gasteiger partial charge in [-0.25, -0.2) is 0 Å². The predicted molar refractivity (Wildman–Crippen MR) is 295 cm³/mol. The third-order valence-corrected chi connectivity index (χ3v) is 16.9. The highest BCUT2D eigenvalue weighted by Crippen LogP contribution is 2.48. The van der Waals surface area contributed by atoms with Crippen LogP contribution in [-0.4, -0.2) is 80.2 Å². The van der Waals surface area contributed by atoms with Gasteiger partial charge >= 0.3 is 0 Å². The molecular formula is C50H33N9O18S5. The van der Waals surface area contributed by atoms with Crippen LogP contribution in [0.2, 0.25) is 0 Å². The van der Waals surface area contributed by atoms with Crippen molar-refractivity contribution in [2.45, 2.75) is 24.5 Å². The first-order valence-electron chi connectivity index (χ1n) is 22.7. The molecule has 32 heteroatoms. The number of aromatic hydroxyl groups is 3. The van der Waals surface area contributed by atoms with Crippen LogP contribution in [0.4, 0.5) is 51.2 Å². The van der Waals surface area contributed by atoms with Gasteiger partial charge in [0.15, 0.2) is 17.2 Å². The van der Waals surface area contributed by atoms with Gasteiger partial charge in [0.2, 0.25) is 0 Å². The molecule has 10 aromatic carbocycles. The number of rotatable bonds is 13. The lowest BCUT2D eigenvalue weighted by Gasteiger charge is -2.12. The van der Waals surface area contributed by atoms with E-state index in [1.807, 2.05) is 0 Å². The number of phenols is 3. The van der Waals surface area contributed by atoms with E-state index in [-0.39, 0.29) is 65.8 Å². The molecule has 10 aromatic rings. The maximum atomic E-state index is 12.7. The Balaban J connectivity index is 0.977. The number of nitrogens with two attached hydrogens (primary N) is 1. The summed E-state index contributed by atoms with van der Waals surface area (Å²) in [7, 11) is -25.2. The van der Waals surface area contributed by atoms with Gasteiger partial charge in [0.1, 0.15) is 58.6 Å². The van der Waals surface area contributed by atoms with Crippen LogP contribution in [0, 0.1) is 0 Å². The molecule has 0 unspecified atom stereocenters. The largest absolute Gasteiger partial charge is 0.505 e. The van der Waals surface area contributed by atoms with Gasteiger partial charge in [-0.3, -0.25) is 22.8 Å². The summed E-state index contributed by atoms with van der Waals surface area (Å²) in [5, 5.41) is 66.0. The Morgan fingerprint density at radius 1 is 0.317 bits per heavy atom. The molecule has 0 aliphatic carbocycles. The van der Waals surface area contributed by atoms with Crippen LogP contribution < -0.4 is 5.73 Å². The minimum atomic E-state index is -5.24. The first kappa shape index (κ1) is 55.9. The molecule has 416 valence electrons. The van der Waals surface area contributed by atoms with E-state index in [1.54, 1.807) is 12.1 Å². The lowest BCUT2D eigenvalue weighted by Crippen LogP contribution is -2.01. The zero-order valence-electron chi connectivity index (χ0n) is 40.6. The molecule has 0 saturated heterocycles. The summed E-state index contributed by atoms with van der Waals surface area (Å²) in [6.07, 6.45) is 0. The van der Waals surface area contributed by atoms with E-state index >= 15 is 0 Å². The molecule has 0 atom stereocenters. The Morgan fingerprint density at radius 2 is 0.817 bits per heavy atom. The van der Waals surface area contributed by atoms with Crippen molar-refractivity contribution < 1.29 is 80.2 Å². The molecule has 0 fully saturated rings. The van der Waals surface area contributed by atoms with Crippen LogP contribution in [0.1, 0.15) is 0 Å². The van der Waals surface area contributed by atoms with Crippen molar-refractivity contribution in [3.8, 4) is 17.2 Å². The average molecular weight is 1210 g/mol. The van der Waals surface area contributed by atoms with E-state index in [4.69, 9.17) is 5.73 Å². The van der Waals surface area contributed by atoms with Crippen molar-refractivity contribution in [2.75, 3.05) is 5.73 Å². The maximum absolute atomic E-state index is 12.7. The van der Waals surface area contributed by atoms with Crippen molar-refractivity contribution in [1.29, 1.82) is 0 Å². The summed E-state index contributed by atoms with van der Waals surface area (Å²) < 4.78 is 175. The minimum absolute atomic E-state index is 0.00519. The highest BCUT2D eigenvalue weighted by Gasteiger charge is 2.27. The Hall–Kier alpha value is -9.35. The van der Waals surface area contributed by atoms with Crippen molar-refractivity contribution >= 4 is 156 Å². The van der Waals surface area contributed by atoms with Gasteiger partial charge in [-0.1, -0.05) is 60.7 Å². The van der Waals surface area contributed by atoms with Gasteiger partial charge < -0.3 is 21.1 Å². The molecule has 10 rings (SSSR count). The molecule has 0 radical (unpaired) electrons. The van der Waals surface area contributed by atoms with Crippen LogP contribution in [-0.2, 0) is 50.6 Å². The number of fused-ring (bicyclic) bond motifs is 5. The topological polar surface area (TPSA) is 457 Å². The number of anilines is 1. The van der Waals surface area contributed by atoms with Gasteiger partial charge in [0.05, 0.1) is 22.4 Å². The molecular weight excluding hydrogens is 1170 g/mol. The Morgan fingerprint density at radius 3 is 1.50 bits per heavy atom. The molecule has 0 aromatic heterocycles. The van der Waals surface area contributed by atoms with E-state index in [0.29, 0.717) is 10.8 Å². The van der Waals surface area contributed by atoms with Crippen LogP contribution in [0.25, 0.3) is 53.9 Å². The number of nitrogens with zero attached hydrogens (tertiary/aromatic N) is 8. The van der Waals surface area contributed by atoms with Crippen molar-refractivity contribution in [1.82, 2.24) is 0 Å². The number of hydrogen-bond donors (Lipinski definition) is 9. The van der Waals surface area contributed by atoms with E-state index in [9.17, 15) is 80.2 Å². The molecule has 0 spiro atoms. The van der Waals surface area contributed by atoms with Gasteiger partial charge in [0, 0.05) is 21.5 Å². The maximum Gasteiger partial charge on any atom is 0.297 e.